The van der Waals surface area contributed by atoms with E-state index in [0.29, 0.717) is 35.2 Å². The Bertz CT molecular complexity index is 551. The van der Waals surface area contributed by atoms with E-state index in [4.69, 9.17) is 4.74 Å². The van der Waals surface area contributed by atoms with Crippen molar-refractivity contribution < 1.29 is 14.3 Å². The summed E-state index contributed by atoms with van der Waals surface area (Å²) in [6.07, 6.45) is 8.82. The molecule has 0 aliphatic heterocycles. The zero-order valence-corrected chi connectivity index (χ0v) is 12.4. The smallest absolute Gasteiger partial charge is 0.141 e. The molecule has 4 bridgehead atoms. The van der Waals surface area contributed by atoms with Crippen LogP contribution in [0, 0.1) is 47.3 Å². The number of ether oxygens (including phenoxy) is 1. The lowest BCUT2D eigenvalue weighted by Crippen LogP contribution is -2.60. The highest BCUT2D eigenvalue weighted by Gasteiger charge is 2.64. The first-order chi connectivity index (χ1) is 10.2. The zero-order valence-electron chi connectivity index (χ0n) is 12.4. The number of hydrogen-bond donors (Lipinski definition) is 0. The van der Waals surface area contributed by atoms with Crippen molar-refractivity contribution >= 4 is 11.6 Å². The first-order valence-electron chi connectivity index (χ1n) is 8.49. The van der Waals surface area contributed by atoms with E-state index >= 15 is 0 Å². The lowest BCUT2D eigenvalue weighted by Gasteiger charge is -2.55. The van der Waals surface area contributed by atoms with E-state index in [-0.39, 0.29) is 29.8 Å². The highest BCUT2D eigenvalue weighted by atomic mass is 16.5. The van der Waals surface area contributed by atoms with Gasteiger partial charge < -0.3 is 4.74 Å². The average molecular weight is 286 g/mol. The topological polar surface area (TPSA) is 43.4 Å². The van der Waals surface area contributed by atoms with Gasteiger partial charge in [-0.15, -0.1) is 0 Å². The van der Waals surface area contributed by atoms with Gasteiger partial charge in [0.15, 0.2) is 0 Å². The Morgan fingerprint density at radius 3 is 2.24 bits per heavy atom. The maximum atomic E-state index is 13.2. The van der Waals surface area contributed by atoms with Crippen LogP contribution in [0.3, 0.4) is 0 Å². The zero-order chi connectivity index (χ0) is 14.3. The number of methoxy groups -OCH3 is 1. The van der Waals surface area contributed by atoms with Crippen molar-refractivity contribution in [3.05, 3.63) is 12.2 Å². The molecule has 6 rings (SSSR count). The van der Waals surface area contributed by atoms with Gasteiger partial charge in [-0.2, -0.15) is 0 Å². The maximum absolute atomic E-state index is 13.2. The van der Waals surface area contributed by atoms with Gasteiger partial charge in [-0.25, -0.2) is 0 Å². The molecule has 6 aliphatic carbocycles. The van der Waals surface area contributed by atoms with Gasteiger partial charge in [-0.05, 0) is 49.4 Å². The SMILES string of the molecule is COC1CC2CCC1C1C(=O)C3C4C=CC(C4)C3C(=O)C21. The molecule has 3 heteroatoms. The molecule has 5 saturated carbocycles. The summed E-state index contributed by atoms with van der Waals surface area (Å²) >= 11 is 0. The second kappa shape index (κ2) is 4.07. The second-order valence-electron chi connectivity index (χ2n) is 7.87. The quantitative estimate of drug-likeness (QED) is 0.694. The van der Waals surface area contributed by atoms with Crippen molar-refractivity contribution in [2.75, 3.05) is 7.11 Å². The lowest BCUT2D eigenvalue weighted by atomic mass is 9.49. The van der Waals surface area contributed by atoms with Crippen molar-refractivity contribution in [2.24, 2.45) is 47.3 Å². The minimum Gasteiger partial charge on any atom is -0.381 e. The Kier molecular flexibility index (Phi) is 2.43. The van der Waals surface area contributed by atoms with Crippen LogP contribution in [0.2, 0.25) is 0 Å². The summed E-state index contributed by atoms with van der Waals surface area (Å²) in [7, 11) is 1.76. The first-order valence-corrected chi connectivity index (χ1v) is 8.49. The maximum Gasteiger partial charge on any atom is 0.141 e. The van der Waals surface area contributed by atoms with Gasteiger partial charge >= 0.3 is 0 Å². The Balaban J connectivity index is 1.58. The third-order valence-electron chi connectivity index (χ3n) is 7.32. The normalized spacial score (nSPS) is 56.7. The molecule has 0 amide bonds. The van der Waals surface area contributed by atoms with E-state index in [9.17, 15) is 9.59 Å². The highest BCUT2D eigenvalue weighted by Crippen LogP contribution is 2.60. The molecule has 0 aromatic carbocycles. The van der Waals surface area contributed by atoms with Crippen molar-refractivity contribution in [1.82, 2.24) is 0 Å². The Morgan fingerprint density at radius 1 is 0.905 bits per heavy atom. The van der Waals surface area contributed by atoms with E-state index in [0.717, 1.165) is 25.7 Å². The van der Waals surface area contributed by atoms with Crippen molar-refractivity contribution in [2.45, 2.75) is 31.8 Å². The molecule has 0 N–H and O–H groups in total. The van der Waals surface area contributed by atoms with Crippen LogP contribution >= 0.6 is 0 Å². The number of rotatable bonds is 1. The van der Waals surface area contributed by atoms with Crippen molar-refractivity contribution in [1.29, 1.82) is 0 Å². The Morgan fingerprint density at radius 2 is 1.57 bits per heavy atom. The number of carbonyl (C=O) groups is 2. The number of allylic oxidation sites excluding steroid dienone is 2. The third-order valence-corrected chi connectivity index (χ3v) is 7.32. The molecule has 0 radical (unpaired) electrons. The standard InChI is InChI=1S/C18H22O3/c1-21-12-7-10-4-5-11(12)16-15(10)17(19)13-8-2-3-9(6-8)14(13)18(16)20/h2-3,8-16H,4-7H2,1H3. The van der Waals surface area contributed by atoms with Gasteiger partial charge in [0, 0.05) is 30.8 Å². The number of ketones is 2. The number of hydrogen-bond acceptors (Lipinski definition) is 3. The van der Waals surface area contributed by atoms with Crippen LogP contribution < -0.4 is 0 Å². The fourth-order valence-corrected chi connectivity index (χ4v) is 6.59. The molecule has 0 spiro atoms. The molecule has 0 heterocycles. The molecule has 112 valence electrons. The highest BCUT2D eigenvalue weighted by molar-refractivity contribution is 6.01. The van der Waals surface area contributed by atoms with Crippen LogP contribution in [0.25, 0.3) is 0 Å². The van der Waals surface area contributed by atoms with Gasteiger partial charge in [-0.3, -0.25) is 9.59 Å². The number of Topliss-reactive ketones (excluding diaryl/α,β-unsaturated/α-hetero) is 2. The molecule has 0 saturated heterocycles. The van der Waals surface area contributed by atoms with Gasteiger partial charge in [0.05, 0.1) is 6.10 Å². The van der Waals surface area contributed by atoms with Crippen LogP contribution in [0.15, 0.2) is 12.2 Å². The summed E-state index contributed by atoms with van der Waals surface area (Å²) in [5.41, 5.74) is 0. The summed E-state index contributed by atoms with van der Waals surface area (Å²) in [6, 6.07) is 0. The summed E-state index contributed by atoms with van der Waals surface area (Å²) in [4.78, 5) is 26.3. The molecule has 21 heavy (non-hydrogen) atoms. The molecule has 0 aromatic rings. The van der Waals surface area contributed by atoms with E-state index in [1.807, 2.05) is 0 Å². The molecule has 9 unspecified atom stereocenters. The van der Waals surface area contributed by atoms with Crippen LogP contribution in [-0.2, 0) is 14.3 Å². The van der Waals surface area contributed by atoms with Crippen molar-refractivity contribution in [3.63, 3.8) is 0 Å². The predicted molar refractivity (Wildman–Crippen MR) is 76.3 cm³/mol. The predicted octanol–water partition coefficient (Wildman–Crippen LogP) is 2.25. The van der Waals surface area contributed by atoms with E-state index in [1.54, 1.807) is 7.11 Å². The Hall–Kier alpha value is -0.960. The van der Waals surface area contributed by atoms with E-state index in [1.165, 1.54) is 0 Å². The average Bonchev–Trinajstić information content (AvgIpc) is 3.13. The monoisotopic (exact) mass is 286 g/mol. The van der Waals surface area contributed by atoms with Crippen LogP contribution in [0.4, 0.5) is 0 Å². The lowest BCUT2D eigenvalue weighted by molar-refractivity contribution is -0.169. The fraction of sp³-hybridized carbons (Fsp3) is 0.778. The molecule has 3 nitrogen and oxygen atoms in total. The number of fused-ring (bicyclic) bond motifs is 7. The van der Waals surface area contributed by atoms with Crippen molar-refractivity contribution in [3.8, 4) is 0 Å². The van der Waals surface area contributed by atoms with E-state index in [2.05, 4.69) is 12.2 Å². The molecular weight excluding hydrogens is 264 g/mol. The molecule has 9 atom stereocenters. The van der Waals surface area contributed by atoms with Gasteiger partial charge in [0.1, 0.15) is 11.6 Å². The first kappa shape index (κ1) is 12.6. The van der Waals surface area contributed by atoms with Gasteiger partial charge in [0.25, 0.3) is 0 Å². The largest absolute Gasteiger partial charge is 0.381 e. The molecule has 5 fully saturated rings. The second-order valence-corrected chi connectivity index (χ2v) is 7.87. The van der Waals surface area contributed by atoms with Gasteiger partial charge in [-0.1, -0.05) is 12.2 Å². The number of carbonyl (C=O) groups excluding carboxylic acids is 2. The van der Waals surface area contributed by atoms with Crippen LogP contribution in [0.5, 0.6) is 0 Å². The summed E-state index contributed by atoms with van der Waals surface area (Å²) in [5.74, 6) is 2.27. The summed E-state index contributed by atoms with van der Waals surface area (Å²) in [6.45, 7) is 0. The summed E-state index contributed by atoms with van der Waals surface area (Å²) in [5, 5.41) is 0. The van der Waals surface area contributed by atoms with Gasteiger partial charge in [0.2, 0.25) is 0 Å². The minimum atomic E-state index is -0.0241. The molecule has 6 aliphatic rings. The van der Waals surface area contributed by atoms with E-state index < -0.39 is 0 Å². The molecular formula is C18H22O3. The third kappa shape index (κ3) is 1.39. The Labute approximate surface area is 125 Å². The molecule has 0 aromatic heterocycles. The van der Waals surface area contributed by atoms with Crippen LogP contribution in [0.1, 0.15) is 25.7 Å². The fourth-order valence-electron chi connectivity index (χ4n) is 6.59. The minimum absolute atomic E-state index is 0.00519. The summed E-state index contributed by atoms with van der Waals surface area (Å²) < 4.78 is 5.65. The van der Waals surface area contributed by atoms with Crippen LogP contribution in [-0.4, -0.2) is 24.8 Å².